The molecule has 2 heterocycles. The molecule has 0 fully saturated rings. The minimum absolute atomic E-state index is 0.560. The van der Waals surface area contributed by atoms with Crippen molar-refractivity contribution in [2.24, 2.45) is 12.0 Å². The van der Waals surface area contributed by atoms with Gasteiger partial charge in [-0.15, -0.1) is 10.2 Å². The van der Waals surface area contributed by atoms with Crippen molar-refractivity contribution in [2.45, 2.75) is 26.4 Å². The number of aliphatic imine (C=N–C) groups is 1. The zero-order valence-electron chi connectivity index (χ0n) is 17.4. The molecule has 7 heteroatoms. The number of H-pyrrole nitrogens is 1. The molecule has 154 valence electrons. The molecule has 0 bridgehead atoms. The van der Waals surface area contributed by atoms with Gasteiger partial charge in [0.15, 0.2) is 11.8 Å². The summed E-state index contributed by atoms with van der Waals surface area (Å²) in [5, 5.41) is 16.4. The van der Waals surface area contributed by atoms with E-state index >= 15 is 0 Å². The largest absolute Gasteiger partial charge is 0.358 e. The van der Waals surface area contributed by atoms with Gasteiger partial charge in [0.1, 0.15) is 5.82 Å². The van der Waals surface area contributed by atoms with Gasteiger partial charge in [0.05, 0.1) is 13.1 Å². The predicted molar refractivity (Wildman–Crippen MR) is 120 cm³/mol. The molecule has 0 atom stereocenters. The number of nitrogens with one attached hydrogen (secondary N) is 3. The van der Waals surface area contributed by atoms with Crippen molar-refractivity contribution >= 4 is 16.9 Å². The Morgan fingerprint density at radius 1 is 1.03 bits per heavy atom. The SMILES string of the molecule is Cc1nnc(CNC(=NCc2ccccc2)NCCc2cc3ccccc3[nH]2)n1C. The number of guanidine groups is 1. The lowest BCUT2D eigenvalue weighted by molar-refractivity contribution is 0.711. The summed E-state index contributed by atoms with van der Waals surface area (Å²) in [5.74, 6) is 2.52. The minimum Gasteiger partial charge on any atom is -0.358 e. The summed E-state index contributed by atoms with van der Waals surface area (Å²) in [7, 11) is 1.97. The fourth-order valence-electron chi connectivity index (χ4n) is 3.28. The lowest BCUT2D eigenvalue weighted by Gasteiger charge is -2.12. The number of aromatic nitrogens is 4. The third-order valence-electron chi connectivity index (χ3n) is 5.13. The fourth-order valence-corrected chi connectivity index (χ4v) is 3.28. The van der Waals surface area contributed by atoms with Crippen LogP contribution in [0.15, 0.2) is 65.7 Å². The van der Waals surface area contributed by atoms with Gasteiger partial charge in [0.25, 0.3) is 0 Å². The van der Waals surface area contributed by atoms with E-state index in [1.54, 1.807) is 0 Å². The van der Waals surface area contributed by atoms with E-state index in [1.165, 1.54) is 22.2 Å². The van der Waals surface area contributed by atoms with E-state index in [4.69, 9.17) is 4.99 Å². The Bertz CT molecular complexity index is 1090. The van der Waals surface area contributed by atoms with Gasteiger partial charge >= 0.3 is 0 Å². The highest BCUT2D eigenvalue weighted by Gasteiger charge is 2.07. The molecule has 0 aliphatic heterocycles. The third-order valence-corrected chi connectivity index (χ3v) is 5.13. The summed E-state index contributed by atoms with van der Waals surface area (Å²) >= 11 is 0. The van der Waals surface area contributed by atoms with Gasteiger partial charge in [-0.25, -0.2) is 4.99 Å². The van der Waals surface area contributed by atoms with Crippen LogP contribution < -0.4 is 10.6 Å². The van der Waals surface area contributed by atoms with Crippen molar-refractivity contribution in [2.75, 3.05) is 6.54 Å². The van der Waals surface area contributed by atoms with Crippen LogP contribution in [0.1, 0.15) is 22.9 Å². The van der Waals surface area contributed by atoms with E-state index in [-0.39, 0.29) is 0 Å². The van der Waals surface area contributed by atoms with Crippen LogP contribution in [-0.4, -0.2) is 32.3 Å². The van der Waals surface area contributed by atoms with Gasteiger partial charge in [0.2, 0.25) is 0 Å². The molecule has 0 radical (unpaired) electrons. The highest BCUT2D eigenvalue weighted by Crippen LogP contribution is 2.14. The first kappa shape index (κ1) is 19.7. The lowest BCUT2D eigenvalue weighted by Crippen LogP contribution is -2.38. The zero-order chi connectivity index (χ0) is 20.8. The summed E-state index contributed by atoms with van der Waals surface area (Å²) in [4.78, 5) is 8.22. The van der Waals surface area contributed by atoms with Crippen LogP contribution in [0.25, 0.3) is 10.9 Å². The molecule has 3 N–H and O–H groups in total. The van der Waals surface area contributed by atoms with Crippen LogP contribution in [-0.2, 0) is 26.6 Å². The highest BCUT2D eigenvalue weighted by atomic mass is 15.3. The summed E-state index contributed by atoms with van der Waals surface area (Å²) in [6, 6.07) is 20.8. The van der Waals surface area contributed by atoms with Crippen LogP contribution in [0.5, 0.6) is 0 Å². The number of benzene rings is 2. The maximum absolute atomic E-state index is 4.75. The molecule has 0 spiro atoms. The molecule has 0 saturated heterocycles. The minimum atomic E-state index is 0.560. The van der Waals surface area contributed by atoms with Gasteiger partial charge in [-0.3, -0.25) is 0 Å². The second kappa shape index (κ2) is 9.26. The van der Waals surface area contributed by atoms with E-state index in [2.05, 4.69) is 62.2 Å². The first-order valence-electron chi connectivity index (χ1n) is 10.2. The number of aryl methyl sites for hydroxylation is 1. The van der Waals surface area contributed by atoms with Crippen LogP contribution in [0.2, 0.25) is 0 Å². The smallest absolute Gasteiger partial charge is 0.191 e. The number of rotatable bonds is 7. The Kier molecular flexibility index (Phi) is 6.08. The standard InChI is InChI=1S/C23H27N7/c1-17-28-29-22(30(17)2)16-26-23(25-15-18-8-4-3-5-9-18)24-13-12-20-14-19-10-6-7-11-21(19)27-20/h3-11,14,27H,12-13,15-16H2,1-2H3,(H2,24,25,26). The first-order valence-corrected chi connectivity index (χ1v) is 10.2. The van der Waals surface area contributed by atoms with Gasteiger partial charge in [-0.05, 0) is 30.0 Å². The van der Waals surface area contributed by atoms with Crippen LogP contribution in [0, 0.1) is 6.92 Å². The molecule has 7 nitrogen and oxygen atoms in total. The summed E-state index contributed by atoms with van der Waals surface area (Å²) in [6.45, 7) is 3.88. The Hall–Kier alpha value is -3.61. The molecule has 0 amide bonds. The molecular weight excluding hydrogens is 374 g/mol. The van der Waals surface area contributed by atoms with Crippen molar-refractivity contribution in [1.82, 2.24) is 30.4 Å². The average molecular weight is 402 g/mol. The summed E-state index contributed by atoms with van der Waals surface area (Å²) in [5.41, 5.74) is 3.54. The molecular formula is C23H27N7. The molecule has 4 aromatic rings. The number of nitrogens with zero attached hydrogens (tertiary/aromatic N) is 4. The Labute approximate surface area is 176 Å². The summed E-state index contributed by atoms with van der Waals surface area (Å²) < 4.78 is 1.98. The van der Waals surface area contributed by atoms with Gasteiger partial charge in [-0.1, -0.05) is 48.5 Å². The van der Waals surface area contributed by atoms with Gasteiger partial charge in [-0.2, -0.15) is 0 Å². The second-order valence-corrected chi connectivity index (χ2v) is 7.29. The van der Waals surface area contributed by atoms with Crippen molar-refractivity contribution in [3.8, 4) is 0 Å². The maximum Gasteiger partial charge on any atom is 0.191 e. The normalized spacial score (nSPS) is 11.7. The topological polar surface area (TPSA) is 82.9 Å². The molecule has 2 aromatic heterocycles. The molecule has 30 heavy (non-hydrogen) atoms. The number of fused-ring (bicyclic) bond motifs is 1. The van der Waals surface area contributed by atoms with Crippen LogP contribution in [0.4, 0.5) is 0 Å². The Balaban J connectivity index is 1.39. The molecule has 0 aliphatic carbocycles. The molecule has 0 saturated carbocycles. The van der Waals surface area contributed by atoms with E-state index in [9.17, 15) is 0 Å². The molecule has 0 unspecified atom stereocenters. The number of para-hydroxylation sites is 1. The van der Waals surface area contributed by atoms with E-state index < -0.39 is 0 Å². The molecule has 4 rings (SSSR count). The quantitative estimate of drug-likeness (QED) is 0.328. The lowest BCUT2D eigenvalue weighted by atomic mass is 10.2. The number of aromatic amines is 1. The third kappa shape index (κ3) is 4.86. The highest BCUT2D eigenvalue weighted by molar-refractivity contribution is 5.81. The van der Waals surface area contributed by atoms with E-state index in [0.29, 0.717) is 13.1 Å². The van der Waals surface area contributed by atoms with Crippen LogP contribution in [0.3, 0.4) is 0 Å². The first-order chi connectivity index (χ1) is 14.7. The Morgan fingerprint density at radius 2 is 1.83 bits per heavy atom. The average Bonchev–Trinajstić information content (AvgIpc) is 3.33. The second-order valence-electron chi connectivity index (χ2n) is 7.29. The van der Waals surface area contributed by atoms with E-state index in [0.717, 1.165) is 30.6 Å². The fraction of sp³-hybridized carbons (Fsp3) is 0.261. The van der Waals surface area contributed by atoms with Crippen LogP contribution >= 0.6 is 0 Å². The van der Waals surface area contributed by atoms with Crippen molar-refractivity contribution in [3.05, 3.63) is 83.6 Å². The van der Waals surface area contributed by atoms with E-state index in [1.807, 2.05) is 42.8 Å². The van der Waals surface area contributed by atoms with Gasteiger partial charge < -0.3 is 20.2 Å². The molecule has 2 aromatic carbocycles. The Morgan fingerprint density at radius 3 is 2.60 bits per heavy atom. The number of hydrogen-bond acceptors (Lipinski definition) is 3. The van der Waals surface area contributed by atoms with Gasteiger partial charge in [0, 0.05) is 31.2 Å². The monoisotopic (exact) mass is 401 g/mol. The summed E-state index contributed by atoms with van der Waals surface area (Å²) in [6.07, 6.45) is 0.879. The predicted octanol–water partition coefficient (Wildman–Crippen LogP) is 3.08. The molecule has 0 aliphatic rings. The van der Waals surface area contributed by atoms with Crippen molar-refractivity contribution in [3.63, 3.8) is 0 Å². The zero-order valence-corrected chi connectivity index (χ0v) is 17.4. The number of hydrogen-bond donors (Lipinski definition) is 3. The van der Waals surface area contributed by atoms with Crippen molar-refractivity contribution < 1.29 is 0 Å². The van der Waals surface area contributed by atoms with Crippen molar-refractivity contribution in [1.29, 1.82) is 0 Å². The maximum atomic E-state index is 4.75.